The second kappa shape index (κ2) is 11.5. The summed E-state index contributed by atoms with van der Waals surface area (Å²) in [4.78, 5) is 10.6. The van der Waals surface area contributed by atoms with E-state index in [1.54, 1.807) is 11.3 Å². The average Bonchev–Trinajstić information content (AvgIpc) is 3.05. The summed E-state index contributed by atoms with van der Waals surface area (Å²) in [5.41, 5.74) is 1.49. The van der Waals surface area contributed by atoms with Crippen LogP contribution in [0.4, 0.5) is 0 Å². The third kappa shape index (κ3) is 6.67. The first-order chi connectivity index (χ1) is 12.2. The van der Waals surface area contributed by atoms with E-state index >= 15 is 0 Å². The van der Waals surface area contributed by atoms with Crippen molar-refractivity contribution in [2.75, 3.05) is 53.0 Å². The Hall–Kier alpha value is -0.350. The molecule has 26 heavy (non-hydrogen) atoms. The molecule has 0 radical (unpaired) electrons. The Morgan fingerprint density at radius 1 is 1.31 bits per heavy atom. The van der Waals surface area contributed by atoms with Crippen molar-refractivity contribution < 1.29 is 4.74 Å². The smallest absolute Gasteiger partial charge is 0.193 e. The summed E-state index contributed by atoms with van der Waals surface area (Å²) >= 11 is 7.70. The molecule has 0 saturated carbocycles. The highest BCUT2D eigenvalue weighted by Gasteiger charge is 2.20. The van der Waals surface area contributed by atoms with Gasteiger partial charge in [0.2, 0.25) is 0 Å². The molecule has 1 aromatic rings. The maximum absolute atomic E-state index is 6.02. The Balaban J connectivity index is 0.00000243. The first-order valence-electron chi connectivity index (χ1n) is 8.92. The van der Waals surface area contributed by atoms with E-state index in [9.17, 15) is 0 Å². The van der Waals surface area contributed by atoms with E-state index in [1.165, 1.54) is 10.5 Å². The first kappa shape index (κ1) is 21.9. The van der Waals surface area contributed by atoms with Crippen LogP contribution in [0.5, 0.6) is 0 Å². The lowest BCUT2D eigenvalue weighted by molar-refractivity contribution is 0.153. The van der Waals surface area contributed by atoms with Gasteiger partial charge in [-0.2, -0.15) is 0 Å². The molecule has 0 bridgehead atoms. The number of rotatable bonds is 5. The van der Waals surface area contributed by atoms with Crippen LogP contribution in [0.1, 0.15) is 17.7 Å². The summed E-state index contributed by atoms with van der Waals surface area (Å²) in [7, 11) is 1.87. The van der Waals surface area contributed by atoms with E-state index in [2.05, 4.69) is 32.3 Å². The Kier molecular flexibility index (Phi) is 9.69. The summed E-state index contributed by atoms with van der Waals surface area (Å²) in [5.74, 6) is 1.02. The number of thiophene rings is 1. The number of nitrogens with one attached hydrogen (secondary N) is 1. The number of hydrogen-bond donors (Lipinski definition) is 1. The number of hydrogen-bond acceptors (Lipinski definition) is 4. The molecule has 0 aromatic carbocycles. The van der Waals surface area contributed by atoms with Gasteiger partial charge in [-0.25, -0.2) is 0 Å². The largest absolute Gasteiger partial charge is 0.377 e. The van der Waals surface area contributed by atoms with Gasteiger partial charge in [0.15, 0.2) is 5.96 Å². The maximum atomic E-state index is 6.02. The molecule has 1 aromatic heterocycles. The van der Waals surface area contributed by atoms with Gasteiger partial charge in [0.1, 0.15) is 0 Å². The van der Waals surface area contributed by atoms with Gasteiger partial charge in [-0.15, -0.1) is 35.3 Å². The van der Waals surface area contributed by atoms with Crippen molar-refractivity contribution in [3.63, 3.8) is 0 Å². The molecule has 8 heteroatoms. The fourth-order valence-corrected chi connectivity index (χ4v) is 4.36. The van der Waals surface area contributed by atoms with Gasteiger partial charge in [0.05, 0.1) is 17.6 Å². The molecule has 1 saturated heterocycles. The molecule has 2 aliphatic heterocycles. The van der Waals surface area contributed by atoms with Crippen LogP contribution < -0.4 is 5.32 Å². The number of guanidine groups is 1. The van der Waals surface area contributed by atoms with E-state index in [0.717, 1.165) is 75.6 Å². The van der Waals surface area contributed by atoms with E-state index in [1.807, 2.05) is 13.1 Å². The van der Waals surface area contributed by atoms with Crippen LogP contribution in [-0.4, -0.2) is 68.7 Å². The lowest BCUT2D eigenvalue weighted by Crippen LogP contribution is -2.52. The van der Waals surface area contributed by atoms with Crippen molar-refractivity contribution in [2.45, 2.75) is 19.4 Å². The van der Waals surface area contributed by atoms with Crippen molar-refractivity contribution in [3.05, 3.63) is 33.0 Å². The van der Waals surface area contributed by atoms with Crippen LogP contribution in [0.2, 0.25) is 4.34 Å². The van der Waals surface area contributed by atoms with Crippen molar-refractivity contribution in [1.82, 2.24) is 15.1 Å². The van der Waals surface area contributed by atoms with Crippen molar-refractivity contribution in [1.29, 1.82) is 0 Å². The molecule has 3 rings (SSSR count). The molecule has 1 N–H and O–H groups in total. The summed E-state index contributed by atoms with van der Waals surface area (Å²) in [6.07, 6.45) is 4.34. The van der Waals surface area contributed by atoms with Gasteiger partial charge >= 0.3 is 0 Å². The number of ether oxygens (including phenoxy) is 1. The van der Waals surface area contributed by atoms with Gasteiger partial charge in [-0.1, -0.05) is 23.3 Å². The highest BCUT2D eigenvalue weighted by Crippen LogP contribution is 2.23. The van der Waals surface area contributed by atoms with Crippen molar-refractivity contribution in [3.8, 4) is 0 Å². The zero-order valence-electron chi connectivity index (χ0n) is 15.2. The molecule has 0 aliphatic carbocycles. The molecule has 5 nitrogen and oxygen atoms in total. The molecule has 0 spiro atoms. The molecule has 146 valence electrons. The van der Waals surface area contributed by atoms with Crippen LogP contribution in [0.15, 0.2) is 28.8 Å². The normalized spacial score (nSPS) is 19.1. The van der Waals surface area contributed by atoms with Crippen LogP contribution in [0.3, 0.4) is 0 Å². The molecule has 2 aliphatic rings. The van der Waals surface area contributed by atoms with Gasteiger partial charge < -0.3 is 15.0 Å². The minimum Gasteiger partial charge on any atom is -0.377 e. The molecule has 0 atom stereocenters. The maximum Gasteiger partial charge on any atom is 0.193 e. The lowest BCUT2D eigenvalue weighted by Gasteiger charge is -2.36. The quantitative estimate of drug-likeness (QED) is 0.285. The second-order valence-electron chi connectivity index (χ2n) is 6.38. The average molecular weight is 511 g/mol. The zero-order valence-corrected chi connectivity index (χ0v) is 19.2. The Bertz CT molecular complexity index is 614. The summed E-state index contributed by atoms with van der Waals surface area (Å²) in [6.45, 7) is 7.68. The molecule has 1 fully saturated rings. The fourth-order valence-electron chi connectivity index (χ4n) is 3.23. The highest BCUT2D eigenvalue weighted by atomic mass is 127. The summed E-state index contributed by atoms with van der Waals surface area (Å²) < 4.78 is 6.23. The predicted octanol–water partition coefficient (Wildman–Crippen LogP) is 3.45. The predicted molar refractivity (Wildman–Crippen MR) is 121 cm³/mol. The Morgan fingerprint density at radius 2 is 2.12 bits per heavy atom. The van der Waals surface area contributed by atoms with Gasteiger partial charge in [0, 0.05) is 51.2 Å². The topological polar surface area (TPSA) is 40.1 Å². The van der Waals surface area contributed by atoms with Crippen LogP contribution in [-0.2, 0) is 11.3 Å². The summed E-state index contributed by atoms with van der Waals surface area (Å²) in [6, 6.07) is 4.11. The Morgan fingerprint density at radius 3 is 2.73 bits per heavy atom. The van der Waals surface area contributed by atoms with Crippen LogP contribution >= 0.6 is 46.9 Å². The fraction of sp³-hybridized carbons (Fsp3) is 0.611. The molecule has 0 unspecified atom stereocenters. The third-order valence-electron chi connectivity index (χ3n) is 4.68. The number of aliphatic imine (C=N–C) groups is 1. The van der Waals surface area contributed by atoms with Gasteiger partial charge in [-0.3, -0.25) is 9.89 Å². The minimum atomic E-state index is 0. The van der Waals surface area contributed by atoms with Gasteiger partial charge in [-0.05, 0) is 25.0 Å². The zero-order chi connectivity index (χ0) is 17.5. The summed E-state index contributed by atoms with van der Waals surface area (Å²) in [5, 5.41) is 3.51. The SMILES string of the molecule is CN=C(NCCC1=CCOCC1)N1CCN(Cc2ccc(Cl)s2)CC1.I. The molecular formula is C18H28ClIN4OS. The van der Waals surface area contributed by atoms with E-state index in [4.69, 9.17) is 16.3 Å². The van der Waals surface area contributed by atoms with E-state index < -0.39 is 0 Å². The first-order valence-corrected chi connectivity index (χ1v) is 10.1. The van der Waals surface area contributed by atoms with Gasteiger partial charge in [0.25, 0.3) is 0 Å². The molecule has 0 amide bonds. The van der Waals surface area contributed by atoms with E-state index in [0.29, 0.717) is 0 Å². The minimum absolute atomic E-state index is 0. The molecule has 3 heterocycles. The van der Waals surface area contributed by atoms with Crippen molar-refractivity contribution in [2.24, 2.45) is 4.99 Å². The van der Waals surface area contributed by atoms with E-state index in [-0.39, 0.29) is 24.0 Å². The number of nitrogens with zero attached hydrogens (tertiary/aromatic N) is 3. The number of halogens is 2. The second-order valence-corrected chi connectivity index (χ2v) is 8.18. The number of piperazine rings is 1. The standard InChI is InChI=1S/C18H27ClN4OS.HI/c1-20-18(21-7-4-15-5-12-24-13-6-15)23-10-8-22(9-11-23)14-16-2-3-17(19)25-16;/h2-3,5H,4,6-14H2,1H3,(H,20,21);1H. The Labute approximate surface area is 182 Å². The lowest BCUT2D eigenvalue weighted by atomic mass is 10.1. The van der Waals surface area contributed by atoms with Crippen LogP contribution in [0.25, 0.3) is 0 Å². The van der Waals surface area contributed by atoms with Crippen molar-refractivity contribution >= 4 is 52.9 Å². The molecular weight excluding hydrogens is 483 g/mol. The highest BCUT2D eigenvalue weighted by molar-refractivity contribution is 14.0. The van der Waals surface area contributed by atoms with Crippen LogP contribution in [0, 0.1) is 0 Å². The monoisotopic (exact) mass is 510 g/mol. The third-order valence-corrected chi connectivity index (χ3v) is 5.89.